The summed E-state index contributed by atoms with van der Waals surface area (Å²) in [5.74, 6) is 0.515. The van der Waals surface area contributed by atoms with Gasteiger partial charge in [0.15, 0.2) is 0 Å². The summed E-state index contributed by atoms with van der Waals surface area (Å²) < 4.78 is 6.26. The number of ether oxygens (including phenoxy) is 1. The molecule has 7 nitrogen and oxygen atoms in total. The van der Waals surface area contributed by atoms with Crippen molar-refractivity contribution in [3.8, 4) is 5.75 Å². The molecular formula is C16H13N5O2. The first-order valence-electron chi connectivity index (χ1n) is 6.83. The molecule has 23 heavy (non-hydrogen) atoms. The third-order valence-electron chi connectivity index (χ3n) is 3.10. The topological polar surface area (TPSA) is 81.7 Å². The van der Waals surface area contributed by atoms with Gasteiger partial charge in [0.2, 0.25) is 0 Å². The third-order valence-corrected chi connectivity index (χ3v) is 3.10. The molecule has 1 heterocycles. The maximum absolute atomic E-state index is 12.1. The molecule has 0 bridgehead atoms. The van der Waals surface area contributed by atoms with E-state index in [1.165, 1.54) is 17.1 Å². The highest BCUT2D eigenvalue weighted by Crippen LogP contribution is 2.21. The van der Waals surface area contributed by atoms with Crippen molar-refractivity contribution in [2.24, 2.45) is 10.2 Å². The first kappa shape index (κ1) is 14.6. The van der Waals surface area contributed by atoms with Crippen molar-refractivity contribution >= 4 is 17.3 Å². The van der Waals surface area contributed by atoms with Crippen molar-refractivity contribution in [2.75, 3.05) is 7.11 Å². The molecule has 0 aliphatic heterocycles. The standard InChI is InChI=1S/C16H13N5O2/c1-23-15-8-6-14(7-9-15)19-18-13-4-2-12(3-5-13)16(22)21-11-10-17-20-21/h2-11H,1H3. The van der Waals surface area contributed by atoms with Crippen molar-refractivity contribution in [1.82, 2.24) is 15.0 Å². The fourth-order valence-electron chi connectivity index (χ4n) is 1.88. The number of hydrogen-bond donors (Lipinski definition) is 0. The van der Waals surface area contributed by atoms with Gasteiger partial charge in [0, 0.05) is 5.56 Å². The van der Waals surface area contributed by atoms with Gasteiger partial charge in [-0.05, 0) is 48.5 Å². The monoisotopic (exact) mass is 307 g/mol. The predicted molar refractivity (Wildman–Crippen MR) is 83.4 cm³/mol. The molecule has 7 heteroatoms. The second-order valence-corrected chi connectivity index (χ2v) is 4.60. The van der Waals surface area contributed by atoms with Crippen LogP contribution in [-0.4, -0.2) is 28.0 Å². The first-order valence-corrected chi connectivity index (χ1v) is 6.83. The number of benzene rings is 2. The fraction of sp³-hybridized carbons (Fsp3) is 0.0625. The largest absolute Gasteiger partial charge is 0.497 e. The lowest BCUT2D eigenvalue weighted by Gasteiger charge is -2.00. The Morgan fingerprint density at radius 1 is 1.00 bits per heavy atom. The Labute approximate surface area is 132 Å². The van der Waals surface area contributed by atoms with Crippen LogP contribution in [0.3, 0.4) is 0 Å². The molecular weight excluding hydrogens is 294 g/mol. The molecule has 1 aromatic heterocycles. The molecule has 0 unspecified atom stereocenters. The van der Waals surface area contributed by atoms with Gasteiger partial charge < -0.3 is 4.74 Å². The second kappa shape index (κ2) is 6.61. The van der Waals surface area contributed by atoms with E-state index in [1.54, 1.807) is 31.4 Å². The average molecular weight is 307 g/mol. The minimum Gasteiger partial charge on any atom is -0.497 e. The summed E-state index contributed by atoms with van der Waals surface area (Å²) in [7, 11) is 1.61. The average Bonchev–Trinajstić information content (AvgIpc) is 3.15. The summed E-state index contributed by atoms with van der Waals surface area (Å²) in [4.78, 5) is 12.1. The zero-order valence-corrected chi connectivity index (χ0v) is 12.3. The van der Waals surface area contributed by atoms with Gasteiger partial charge in [0.05, 0.1) is 30.9 Å². The lowest BCUT2D eigenvalue weighted by molar-refractivity contribution is 0.0943. The quantitative estimate of drug-likeness (QED) is 0.692. The van der Waals surface area contributed by atoms with E-state index in [2.05, 4.69) is 20.5 Å². The Kier molecular flexibility index (Phi) is 4.19. The number of carbonyl (C=O) groups is 1. The number of methoxy groups -OCH3 is 1. The molecule has 0 radical (unpaired) electrons. The highest BCUT2D eigenvalue weighted by Gasteiger charge is 2.08. The first-order chi connectivity index (χ1) is 11.3. The van der Waals surface area contributed by atoms with Gasteiger partial charge in [-0.1, -0.05) is 5.21 Å². The second-order valence-electron chi connectivity index (χ2n) is 4.60. The zero-order chi connectivity index (χ0) is 16.1. The smallest absolute Gasteiger partial charge is 0.279 e. The summed E-state index contributed by atoms with van der Waals surface area (Å²) in [5, 5.41) is 15.5. The molecule has 3 rings (SSSR count). The van der Waals surface area contributed by atoms with E-state index in [0.717, 1.165) is 5.75 Å². The van der Waals surface area contributed by atoms with Crippen molar-refractivity contribution in [2.45, 2.75) is 0 Å². The highest BCUT2D eigenvalue weighted by molar-refractivity contribution is 5.95. The van der Waals surface area contributed by atoms with Crippen molar-refractivity contribution < 1.29 is 9.53 Å². The van der Waals surface area contributed by atoms with Gasteiger partial charge in [-0.3, -0.25) is 4.79 Å². The normalized spacial score (nSPS) is 10.8. The lowest BCUT2D eigenvalue weighted by Crippen LogP contribution is -2.12. The zero-order valence-electron chi connectivity index (χ0n) is 12.3. The Bertz CT molecular complexity index is 809. The molecule has 114 valence electrons. The van der Waals surface area contributed by atoms with Crippen molar-refractivity contribution in [3.05, 3.63) is 66.5 Å². The highest BCUT2D eigenvalue weighted by atomic mass is 16.5. The van der Waals surface area contributed by atoms with Gasteiger partial charge in [0.1, 0.15) is 5.75 Å². The maximum Gasteiger partial charge on any atom is 0.279 e. The summed E-state index contributed by atoms with van der Waals surface area (Å²) in [6.45, 7) is 0. The predicted octanol–water partition coefficient (Wildman–Crippen LogP) is 3.39. The van der Waals surface area contributed by atoms with Crippen LogP contribution < -0.4 is 4.74 Å². The van der Waals surface area contributed by atoms with Crippen LogP contribution in [0.1, 0.15) is 10.4 Å². The van der Waals surface area contributed by atoms with Gasteiger partial charge in [0.25, 0.3) is 5.91 Å². The number of hydrogen-bond acceptors (Lipinski definition) is 6. The van der Waals surface area contributed by atoms with Gasteiger partial charge >= 0.3 is 0 Å². The van der Waals surface area contributed by atoms with Gasteiger partial charge in [-0.2, -0.15) is 14.9 Å². The van der Waals surface area contributed by atoms with E-state index < -0.39 is 0 Å². The van der Waals surface area contributed by atoms with Crippen LogP contribution in [0.25, 0.3) is 0 Å². The van der Waals surface area contributed by atoms with E-state index in [0.29, 0.717) is 16.9 Å². The molecule has 0 N–H and O–H groups in total. The SMILES string of the molecule is COc1ccc(N=Nc2ccc(C(=O)n3ccnn3)cc2)cc1. The summed E-state index contributed by atoms with van der Waals surface area (Å²) >= 11 is 0. The van der Waals surface area contributed by atoms with Crippen LogP contribution in [0.2, 0.25) is 0 Å². The van der Waals surface area contributed by atoms with E-state index in [4.69, 9.17) is 4.74 Å². The van der Waals surface area contributed by atoms with Crippen molar-refractivity contribution in [3.63, 3.8) is 0 Å². The molecule has 0 spiro atoms. The van der Waals surface area contributed by atoms with E-state index in [-0.39, 0.29) is 5.91 Å². The van der Waals surface area contributed by atoms with Crippen LogP contribution in [0.15, 0.2) is 71.2 Å². The van der Waals surface area contributed by atoms with E-state index >= 15 is 0 Å². The molecule has 0 aliphatic rings. The molecule has 0 fully saturated rings. The minimum atomic E-state index is -0.249. The van der Waals surface area contributed by atoms with Crippen LogP contribution in [0.4, 0.5) is 11.4 Å². The van der Waals surface area contributed by atoms with Crippen LogP contribution in [-0.2, 0) is 0 Å². The Balaban J connectivity index is 1.71. The van der Waals surface area contributed by atoms with Crippen LogP contribution in [0, 0.1) is 0 Å². The molecule has 0 saturated carbocycles. The summed E-state index contributed by atoms with van der Waals surface area (Å²) in [6, 6.07) is 14.0. The Morgan fingerprint density at radius 3 is 2.13 bits per heavy atom. The number of nitrogens with zero attached hydrogens (tertiary/aromatic N) is 5. The molecule has 3 aromatic rings. The van der Waals surface area contributed by atoms with Gasteiger partial charge in [-0.25, -0.2) is 0 Å². The molecule has 0 amide bonds. The number of rotatable bonds is 4. The Hall–Kier alpha value is -3.35. The molecule has 2 aromatic carbocycles. The molecule has 0 saturated heterocycles. The number of carbonyl (C=O) groups excluding carboxylic acids is 1. The Morgan fingerprint density at radius 2 is 1.61 bits per heavy atom. The van der Waals surface area contributed by atoms with Gasteiger partial charge in [-0.15, -0.1) is 5.10 Å². The fourth-order valence-corrected chi connectivity index (χ4v) is 1.88. The molecule has 0 aliphatic carbocycles. The van der Waals surface area contributed by atoms with E-state index in [9.17, 15) is 4.79 Å². The number of azo groups is 1. The van der Waals surface area contributed by atoms with Crippen LogP contribution in [0.5, 0.6) is 5.75 Å². The summed E-state index contributed by atoms with van der Waals surface area (Å²) in [5.41, 5.74) is 1.86. The third kappa shape index (κ3) is 3.46. The van der Waals surface area contributed by atoms with E-state index in [1.807, 2.05) is 24.3 Å². The summed E-state index contributed by atoms with van der Waals surface area (Å²) in [6.07, 6.45) is 2.95. The lowest BCUT2D eigenvalue weighted by atomic mass is 10.2. The minimum absolute atomic E-state index is 0.249. The van der Waals surface area contributed by atoms with Crippen LogP contribution >= 0.6 is 0 Å². The van der Waals surface area contributed by atoms with Crippen molar-refractivity contribution in [1.29, 1.82) is 0 Å². The maximum atomic E-state index is 12.1. The number of aromatic nitrogens is 3. The molecule has 0 atom stereocenters.